The third-order valence-corrected chi connectivity index (χ3v) is 7.62. The van der Waals surface area contributed by atoms with Crippen LogP contribution in [0.2, 0.25) is 0 Å². The summed E-state index contributed by atoms with van der Waals surface area (Å²) in [6, 6.07) is 0. The molecule has 3 nitrogen and oxygen atoms in total. The second kappa shape index (κ2) is 5.46. The van der Waals surface area contributed by atoms with Gasteiger partial charge in [0.15, 0.2) is 11.4 Å². The largest absolute Gasteiger partial charge is 0.445 e. The highest BCUT2D eigenvalue weighted by Crippen LogP contribution is 2.65. The highest BCUT2D eigenvalue weighted by atomic mass is 16.6. The molecule has 0 radical (unpaired) electrons. The summed E-state index contributed by atoms with van der Waals surface area (Å²) in [7, 11) is 0. The van der Waals surface area contributed by atoms with E-state index in [-0.39, 0.29) is 22.6 Å². The molecule has 5 atom stereocenters. The number of fused-ring (bicyclic) bond motifs is 5. The van der Waals surface area contributed by atoms with Gasteiger partial charge in [0, 0.05) is 17.8 Å². The van der Waals surface area contributed by atoms with Crippen LogP contribution in [0.4, 0.5) is 0 Å². The van der Waals surface area contributed by atoms with Crippen molar-refractivity contribution < 1.29 is 14.3 Å². The Hall–Kier alpha value is -2.08. The Morgan fingerprint density at radius 3 is 2.81 bits per heavy atom. The van der Waals surface area contributed by atoms with Gasteiger partial charge in [-0.25, -0.2) is 0 Å². The molecular weight excluding hydrogens is 324 g/mol. The molecule has 0 aromatic rings. The molecule has 3 heteroatoms. The molecule has 26 heavy (non-hydrogen) atoms. The lowest BCUT2D eigenvalue weighted by atomic mass is 9.51. The molecule has 0 aromatic heterocycles. The molecule has 4 aliphatic carbocycles. The monoisotopic (exact) mass is 350 g/mol. The third kappa shape index (κ3) is 2.08. The van der Waals surface area contributed by atoms with Gasteiger partial charge in [-0.15, -0.1) is 6.42 Å². The van der Waals surface area contributed by atoms with E-state index in [4.69, 9.17) is 11.2 Å². The van der Waals surface area contributed by atoms with Gasteiger partial charge < -0.3 is 4.74 Å². The molecular formula is C23H26O3. The Bertz CT molecular complexity index is 823. The van der Waals surface area contributed by atoms with Crippen LogP contribution in [0.5, 0.6) is 0 Å². The lowest BCUT2D eigenvalue weighted by Crippen LogP contribution is -2.51. The highest BCUT2D eigenvalue weighted by Gasteiger charge is 2.63. The van der Waals surface area contributed by atoms with Gasteiger partial charge in [-0.1, -0.05) is 36.1 Å². The van der Waals surface area contributed by atoms with Crippen molar-refractivity contribution in [2.75, 3.05) is 0 Å². The lowest BCUT2D eigenvalue weighted by molar-refractivity contribution is -0.162. The second-order valence-corrected chi connectivity index (χ2v) is 8.74. The number of hydrogen-bond donors (Lipinski definition) is 0. The van der Waals surface area contributed by atoms with Crippen molar-refractivity contribution in [3.8, 4) is 12.3 Å². The number of carbonyl (C=O) groups excluding carboxylic acids is 2. The average molecular weight is 350 g/mol. The topological polar surface area (TPSA) is 43.4 Å². The molecule has 2 fully saturated rings. The van der Waals surface area contributed by atoms with Crippen molar-refractivity contribution >= 4 is 11.8 Å². The van der Waals surface area contributed by atoms with Crippen LogP contribution >= 0.6 is 0 Å². The maximum absolute atomic E-state index is 11.8. The van der Waals surface area contributed by atoms with Gasteiger partial charge in [-0.3, -0.25) is 9.59 Å². The molecule has 0 saturated heterocycles. The maximum Gasteiger partial charge on any atom is 0.304 e. The minimum atomic E-state index is -0.805. The van der Waals surface area contributed by atoms with Gasteiger partial charge in [-0.05, 0) is 63.0 Å². The molecule has 0 unspecified atom stereocenters. The summed E-state index contributed by atoms with van der Waals surface area (Å²) in [6.45, 7) is 5.88. The normalized spacial score (nSPS) is 43.4. The quantitative estimate of drug-likeness (QED) is 0.405. The zero-order chi connectivity index (χ0) is 18.7. The van der Waals surface area contributed by atoms with E-state index in [1.807, 2.05) is 6.08 Å². The Kier molecular flexibility index (Phi) is 3.64. The predicted octanol–water partition coefficient (Wildman–Crippen LogP) is 4.15. The molecule has 2 saturated carbocycles. The van der Waals surface area contributed by atoms with Gasteiger partial charge in [0.2, 0.25) is 0 Å². The first kappa shape index (κ1) is 17.3. The summed E-state index contributed by atoms with van der Waals surface area (Å²) in [5.41, 5.74) is 1.48. The van der Waals surface area contributed by atoms with Crippen LogP contribution in [0.1, 0.15) is 52.9 Å². The molecule has 0 spiro atoms. The van der Waals surface area contributed by atoms with E-state index >= 15 is 0 Å². The molecule has 0 heterocycles. The Labute approximate surface area is 155 Å². The molecule has 0 bridgehead atoms. The van der Waals surface area contributed by atoms with E-state index in [1.54, 1.807) is 6.08 Å². The highest BCUT2D eigenvalue weighted by molar-refractivity contribution is 6.01. The van der Waals surface area contributed by atoms with E-state index < -0.39 is 5.60 Å². The van der Waals surface area contributed by atoms with Crippen molar-refractivity contribution in [1.82, 2.24) is 0 Å². The Balaban J connectivity index is 1.77. The molecule has 136 valence electrons. The third-order valence-electron chi connectivity index (χ3n) is 7.62. The number of esters is 1. The Morgan fingerprint density at radius 2 is 2.12 bits per heavy atom. The van der Waals surface area contributed by atoms with Crippen LogP contribution in [0, 0.1) is 35.0 Å². The summed E-state index contributed by atoms with van der Waals surface area (Å²) in [5, 5.41) is 0. The minimum absolute atomic E-state index is 0.0965. The molecule has 0 aliphatic heterocycles. The fourth-order valence-electron chi connectivity index (χ4n) is 6.20. The second-order valence-electron chi connectivity index (χ2n) is 8.74. The fourth-order valence-corrected chi connectivity index (χ4v) is 6.20. The SMILES string of the molecule is C#C[C@]1(OC(C)=O)CC[C@H]2[C@@H]3CCC4=CC(=O)C=C[C@]4(C)C3=CC[C@@]21C. The van der Waals surface area contributed by atoms with Gasteiger partial charge in [0.1, 0.15) is 0 Å². The van der Waals surface area contributed by atoms with Crippen LogP contribution in [-0.2, 0) is 14.3 Å². The van der Waals surface area contributed by atoms with Crippen LogP contribution in [-0.4, -0.2) is 17.4 Å². The zero-order valence-electron chi connectivity index (χ0n) is 15.8. The first-order chi connectivity index (χ1) is 12.3. The van der Waals surface area contributed by atoms with Gasteiger partial charge in [0.25, 0.3) is 0 Å². The van der Waals surface area contributed by atoms with Crippen molar-refractivity contribution in [3.63, 3.8) is 0 Å². The van der Waals surface area contributed by atoms with Gasteiger partial charge >= 0.3 is 5.97 Å². The van der Waals surface area contributed by atoms with Crippen molar-refractivity contribution in [3.05, 3.63) is 35.5 Å². The molecule has 0 amide bonds. The molecule has 4 rings (SSSR count). The van der Waals surface area contributed by atoms with Crippen LogP contribution in [0.25, 0.3) is 0 Å². The summed E-state index contributed by atoms with van der Waals surface area (Å²) >= 11 is 0. The smallest absolute Gasteiger partial charge is 0.304 e. The summed E-state index contributed by atoms with van der Waals surface area (Å²) in [6.07, 6.45) is 18.4. The minimum Gasteiger partial charge on any atom is -0.445 e. The number of rotatable bonds is 1. The number of ether oxygens (including phenoxy) is 1. The zero-order valence-corrected chi connectivity index (χ0v) is 15.8. The van der Waals surface area contributed by atoms with E-state index in [2.05, 4.69) is 31.9 Å². The molecule has 4 aliphatic rings. The van der Waals surface area contributed by atoms with Crippen LogP contribution in [0.3, 0.4) is 0 Å². The van der Waals surface area contributed by atoms with Crippen molar-refractivity contribution in [1.29, 1.82) is 0 Å². The van der Waals surface area contributed by atoms with Gasteiger partial charge in [-0.2, -0.15) is 0 Å². The summed E-state index contributed by atoms with van der Waals surface area (Å²) in [5.74, 6) is 3.51. The standard InChI is InChI=1S/C23H26O3/c1-5-23(26-15(2)24)13-10-20-18-7-6-16-14-17(25)8-11-21(16,3)19(18)9-12-22(20,23)4/h1,8-9,11,14,18,20H,6-7,10,12-13H2,2-4H3/t18-,20+,21+,22+,23+/m1/s1. The number of carbonyl (C=O) groups is 2. The molecule has 0 aromatic carbocycles. The van der Waals surface area contributed by atoms with Crippen molar-refractivity contribution in [2.45, 2.75) is 58.5 Å². The van der Waals surface area contributed by atoms with E-state index in [0.29, 0.717) is 11.8 Å². The van der Waals surface area contributed by atoms with Crippen molar-refractivity contribution in [2.24, 2.45) is 22.7 Å². The number of ketones is 1. The van der Waals surface area contributed by atoms with E-state index in [9.17, 15) is 9.59 Å². The fraction of sp³-hybridized carbons (Fsp3) is 0.565. The predicted molar refractivity (Wildman–Crippen MR) is 99.9 cm³/mol. The number of terminal acetylenes is 1. The first-order valence-electron chi connectivity index (χ1n) is 9.58. The first-order valence-corrected chi connectivity index (χ1v) is 9.58. The molecule has 0 N–H and O–H groups in total. The average Bonchev–Trinajstić information content (AvgIpc) is 2.88. The van der Waals surface area contributed by atoms with Crippen LogP contribution < -0.4 is 0 Å². The number of hydrogen-bond acceptors (Lipinski definition) is 3. The number of allylic oxidation sites excluding steroid dienone is 6. The Morgan fingerprint density at radius 1 is 1.35 bits per heavy atom. The van der Waals surface area contributed by atoms with E-state index in [1.165, 1.54) is 18.1 Å². The summed E-state index contributed by atoms with van der Waals surface area (Å²) in [4.78, 5) is 23.6. The van der Waals surface area contributed by atoms with Crippen LogP contribution in [0.15, 0.2) is 35.5 Å². The summed E-state index contributed by atoms with van der Waals surface area (Å²) < 4.78 is 5.77. The van der Waals surface area contributed by atoms with E-state index in [0.717, 1.165) is 32.1 Å². The maximum atomic E-state index is 11.8. The lowest BCUT2D eigenvalue weighted by Gasteiger charge is -2.53. The van der Waals surface area contributed by atoms with Gasteiger partial charge in [0.05, 0.1) is 0 Å².